The van der Waals surface area contributed by atoms with E-state index in [9.17, 15) is 0 Å². The number of nitrogens with zero attached hydrogens (tertiary/aromatic N) is 1. The summed E-state index contributed by atoms with van der Waals surface area (Å²) in [4.78, 5) is 3.94. The van der Waals surface area contributed by atoms with E-state index in [-0.39, 0.29) is 0 Å². The van der Waals surface area contributed by atoms with Gasteiger partial charge in [0.2, 0.25) is 0 Å². The van der Waals surface area contributed by atoms with Gasteiger partial charge >= 0.3 is 0 Å². The molecular weight excluding hydrogens is 230 g/mol. The van der Waals surface area contributed by atoms with E-state index < -0.39 is 0 Å². The van der Waals surface area contributed by atoms with Crippen molar-refractivity contribution in [3.63, 3.8) is 0 Å². The van der Waals surface area contributed by atoms with Crippen molar-refractivity contribution in [1.29, 1.82) is 0 Å². The van der Waals surface area contributed by atoms with E-state index in [1.807, 2.05) is 11.3 Å². The van der Waals surface area contributed by atoms with Gasteiger partial charge in [-0.1, -0.05) is 17.7 Å². The first-order chi connectivity index (χ1) is 8.31. The van der Waals surface area contributed by atoms with Crippen LogP contribution in [0.25, 0.3) is 10.1 Å². The third-order valence-corrected chi connectivity index (χ3v) is 4.31. The Morgan fingerprint density at radius 2 is 2.06 bits per heavy atom. The zero-order chi connectivity index (χ0) is 11.7. The van der Waals surface area contributed by atoms with Gasteiger partial charge in [0.25, 0.3) is 0 Å². The predicted octanol–water partition coefficient (Wildman–Crippen LogP) is 3.04. The van der Waals surface area contributed by atoms with Gasteiger partial charge in [-0.25, -0.2) is 0 Å². The van der Waals surface area contributed by atoms with Crippen LogP contribution in [0.1, 0.15) is 10.4 Å². The Balaban J connectivity index is 1.80. The topological polar surface area (TPSA) is 12.5 Å². The van der Waals surface area contributed by atoms with Crippen molar-refractivity contribution in [2.45, 2.75) is 13.5 Å². The van der Waals surface area contributed by atoms with Gasteiger partial charge in [0.15, 0.2) is 0 Å². The second kappa shape index (κ2) is 4.77. The lowest BCUT2D eigenvalue weighted by molar-refractivity contribution is 0.0346. The van der Waals surface area contributed by atoms with Gasteiger partial charge < -0.3 is 4.74 Å². The van der Waals surface area contributed by atoms with Crippen LogP contribution in [0.2, 0.25) is 0 Å². The second-order valence-corrected chi connectivity index (χ2v) is 5.81. The smallest absolute Gasteiger partial charge is 0.0594 e. The molecule has 0 N–H and O–H groups in total. The fourth-order valence-electron chi connectivity index (χ4n) is 2.28. The number of hydrogen-bond acceptors (Lipinski definition) is 3. The molecule has 1 aliphatic heterocycles. The van der Waals surface area contributed by atoms with Gasteiger partial charge in [-0.05, 0) is 24.4 Å². The monoisotopic (exact) mass is 247 g/mol. The molecule has 3 heteroatoms. The summed E-state index contributed by atoms with van der Waals surface area (Å²) in [6.07, 6.45) is 0. The third kappa shape index (κ3) is 2.51. The van der Waals surface area contributed by atoms with Gasteiger partial charge in [-0.15, -0.1) is 11.3 Å². The van der Waals surface area contributed by atoms with Crippen LogP contribution in [-0.2, 0) is 11.3 Å². The Hall–Kier alpha value is -0.900. The number of fused-ring (bicyclic) bond motifs is 1. The Morgan fingerprint density at radius 1 is 1.24 bits per heavy atom. The van der Waals surface area contributed by atoms with E-state index in [0.717, 1.165) is 32.8 Å². The number of aryl methyl sites for hydroxylation is 1. The van der Waals surface area contributed by atoms with Gasteiger partial charge in [-0.2, -0.15) is 0 Å². The Kier molecular flexibility index (Phi) is 3.14. The molecule has 17 heavy (non-hydrogen) atoms. The number of benzene rings is 1. The first kappa shape index (κ1) is 11.2. The van der Waals surface area contributed by atoms with Gasteiger partial charge in [0.05, 0.1) is 13.2 Å². The molecule has 1 fully saturated rings. The van der Waals surface area contributed by atoms with Crippen molar-refractivity contribution in [3.05, 3.63) is 34.7 Å². The fraction of sp³-hybridized carbons (Fsp3) is 0.429. The summed E-state index contributed by atoms with van der Waals surface area (Å²) in [6.45, 7) is 7.11. The molecule has 1 saturated heterocycles. The first-order valence-electron chi connectivity index (χ1n) is 6.10. The van der Waals surface area contributed by atoms with Crippen LogP contribution in [0.5, 0.6) is 0 Å². The molecule has 2 nitrogen and oxygen atoms in total. The van der Waals surface area contributed by atoms with E-state index in [0.29, 0.717) is 0 Å². The van der Waals surface area contributed by atoms with Gasteiger partial charge in [-0.3, -0.25) is 4.90 Å². The Labute approximate surface area is 106 Å². The van der Waals surface area contributed by atoms with Crippen LogP contribution in [-0.4, -0.2) is 31.2 Å². The summed E-state index contributed by atoms with van der Waals surface area (Å²) >= 11 is 1.92. The predicted molar refractivity (Wildman–Crippen MR) is 72.7 cm³/mol. The molecule has 0 radical (unpaired) electrons. The molecule has 1 aliphatic rings. The SMILES string of the molecule is Cc1ccc2sc(CN3CCOCC3)cc2c1. The number of hydrogen-bond donors (Lipinski definition) is 0. The molecule has 0 bridgehead atoms. The maximum absolute atomic E-state index is 5.37. The minimum Gasteiger partial charge on any atom is -0.379 e. The van der Waals surface area contributed by atoms with Crippen molar-refractivity contribution >= 4 is 21.4 Å². The molecule has 0 spiro atoms. The summed E-state index contributed by atoms with van der Waals surface area (Å²) in [5.74, 6) is 0. The zero-order valence-electron chi connectivity index (χ0n) is 10.1. The molecule has 1 aromatic heterocycles. The lowest BCUT2D eigenvalue weighted by Gasteiger charge is -2.25. The highest BCUT2D eigenvalue weighted by molar-refractivity contribution is 7.19. The van der Waals surface area contributed by atoms with E-state index in [2.05, 4.69) is 36.1 Å². The largest absolute Gasteiger partial charge is 0.379 e. The third-order valence-electron chi connectivity index (χ3n) is 3.21. The number of morpholine rings is 1. The minimum atomic E-state index is 0.879. The lowest BCUT2D eigenvalue weighted by atomic mass is 10.2. The van der Waals surface area contributed by atoms with Crippen molar-refractivity contribution in [2.75, 3.05) is 26.3 Å². The molecule has 0 aliphatic carbocycles. The van der Waals surface area contributed by atoms with Crippen molar-refractivity contribution < 1.29 is 4.74 Å². The standard InChI is InChI=1S/C14H17NOS/c1-11-2-3-14-12(8-11)9-13(17-14)10-15-4-6-16-7-5-15/h2-3,8-9H,4-7,10H2,1H3. The summed E-state index contributed by atoms with van der Waals surface area (Å²) in [7, 11) is 0. The van der Waals surface area contributed by atoms with Crippen LogP contribution in [0.4, 0.5) is 0 Å². The molecule has 90 valence electrons. The highest BCUT2D eigenvalue weighted by atomic mass is 32.1. The number of thiophene rings is 1. The maximum atomic E-state index is 5.37. The van der Waals surface area contributed by atoms with Gasteiger partial charge in [0.1, 0.15) is 0 Å². The molecule has 1 aromatic carbocycles. The van der Waals surface area contributed by atoms with E-state index >= 15 is 0 Å². The van der Waals surface area contributed by atoms with Crippen LogP contribution < -0.4 is 0 Å². The van der Waals surface area contributed by atoms with E-state index in [1.165, 1.54) is 20.5 Å². The van der Waals surface area contributed by atoms with Crippen LogP contribution >= 0.6 is 11.3 Å². The van der Waals surface area contributed by atoms with Crippen LogP contribution in [0, 0.1) is 6.92 Å². The van der Waals surface area contributed by atoms with Gasteiger partial charge in [0, 0.05) is 29.2 Å². The Bertz CT molecular complexity index is 514. The molecule has 0 unspecified atom stereocenters. The normalized spacial score (nSPS) is 17.7. The summed E-state index contributed by atoms with van der Waals surface area (Å²) in [6, 6.07) is 9.03. The van der Waals surface area contributed by atoms with Crippen molar-refractivity contribution in [3.8, 4) is 0 Å². The fourth-order valence-corrected chi connectivity index (χ4v) is 3.36. The molecule has 0 amide bonds. The second-order valence-electron chi connectivity index (χ2n) is 4.64. The van der Waals surface area contributed by atoms with Crippen LogP contribution in [0.15, 0.2) is 24.3 Å². The van der Waals surface area contributed by atoms with E-state index in [4.69, 9.17) is 4.74 Å². The quantitative estimate of drug-likeness (QED) is 0.809. The maximum Gasteiger partial charge on any atom is 0.0594 e. The average molecular weight is 247 g/mol. The summed E-state index contributed by atoms with van der Waals surface area (Å²) in [5.41, 5.74) is 1.34. The molecular formula is C14H17NOS. The first-order valence-corrected chi connectivity index (χ1v) is 6.92. The van der Waals surface area contributed by atoms with Crippen molar-refractivity contribution in [1.82, 2.24) is 4.90 Å². The molecule has 2 aromatic rings. The highest BCUT2D eigenvalue weighted by Gasteiger charge is 2.12. The lowest BCUT2D eigenvalue weighted by Crippen LogP contribution is -2.35. The number of ether oxygens (including phenoxy) is 1. The zero-order valence-corrected chi connectivity index (χ0v) is 10.9. The molecule has 0 saturated carbocycles. The van der Waals surface area contributed by atoms with Crippen LogP contribution in [0.3, 0.4) is 0 Å². The van der Waals surface area contributed by atoms with Crippen molar-refractivity contribution in [2.24, 2.45) is 0 Å². The Morgan fingerprint density at radius 3 is 2.88 bits per heavy atom. The highest BCUT2D eigenvalue weighted by Crippen LogP contribution is 2.27. The average Bonchev–Trinajstić information content (AvgIpc) is 2.71. The molecule has 3 rings (SSSR count). The van der Waals surface area contributed by atoms with E-state index in [1.54, 1.807) is 0 Å². The minimum absolute atomic E-state index is 0.879. The summed E-state index contributed by atoms with van der Waals surface area (Å²) < 4.78 is 6.78. The summed E-state index contributed by atoms with van der Waals surface area (Å²) in [5, 5.41) is 1.39. The molecule has 0 atom stereocenters. The molecule has 2 heterocycles. The number of rotatable bonds is 2.